The number of hydrogen-bond acceptors (Lipinski definition) is 3. The van der Waals surface area contributed by atoms with Gasteiger partial charge in [0.2, 0.25) is 5.88 Å². The monoisotopic (exact) mass is 370 g/mol. The molecule has 4 aromatic rings. The number of ether oxygens (including phenoxy) is 1. The number of carbonyl (C=O) groups is 1. The van der Waals surface area contributed by atoms with Crippen molar-refractivity contribution in [2.45, 2.75) is 27.2 Å². The lowest BCUT2D eigenvalue weighted by atomic mass is 10.1. The number of carbonyl (C=O) groups excluding carboxylic acids is 1. The van der Waals surface area contributed by atoms with Crippen molar-refractivity contribution in [1.82, 2.24) is 9.78 Å². The van der Waals surface area contributed by atoms with E-state index in [1.807, 2.05) is 68.4 Å². The van der Waals surface area contributed by atoms with Gasteiger partial charge in [-0.1, -0.05) is 49.4 Å². The third-order valence-corrected chi connectivity index (χ3v) is 5.08. The average molecular weight is 370 g/mol. The van der Waals surface area contributed by atoms with E-state index in [2.05, 4.69) is 18.1 Å². The Bertz CT molecular complexity index is 1170. The molecule has 0 spiro atoms. The van der Waals surface area contributed by atoms with Crippen LogP contribution in [0.3, 0.4) is 0 Å². The van der Waals surface area contributed by atoms with Crippen LogP contribution in [-0.4, -0.2) is 15.7 Å². The summed E-state index contributed by atoms with van der Waals surface area (Å²) in [5.74, 6) is 0.0450. The first kappa shape index (κ1) is 18.0. The van der Waals surface area contributed by atoms with E-state index >= 15 is 0 Å². The average Bonchev–Trinajstić information content (AvgIpc) is 3.12. The van der Waals surface area contributed by atoms with Crippen molar-refractivity contribution in [1.29, 1.82) is 0 Å². The van der Waals surface area contributed by atoms with Crippen LogP contribution in [0, 0.1) is 13.8 Å². The summed E-state index contributed by atoms with van der Waals surface area (Å²) in [4.78, 5) is 12.8. The van der Waals surface area contributed by atoms with E-state index in [0.29, 0.717) is 11.4 Å². The van der Waals surface area contributed by atoms with Gasteiger partial charge in [-0.15, -0.1) is 0 Å². The second-order valence-corrected chi connectivity index (χ2v) is 6.91. The lowest BCUT2D eigenvalue weighted by molar-refractivity contribution is 0.0723. The highest BCUT2D eigenvalue weighted by Gasteiger charge is 2.17. The topological polar surface area (TPSA) is 44.1 Å². The molecule has 0 fully saturated rings. The molecule has 0 aliphatic rings. The third kappa shape index (κ3) is 3.29. The standard InChI is InChI=1S/C24H22N2O2/c1-4-21-15-23(26(25-21)22-11-7-8-16(2)17(22)3)28-24(27)20-13-12-18-9-5-6-10-19(18)14-20/h5-15H,4H2,1-3H3. The number of esters is 1. The van der Waals surface area contributed by atoms with E-state index < -0.39 is 0 Å². The van der Waals surface area contributed by atoms with Gasteiger partial charge in [0, 0.05) is 6.07 Å². The third-order valence-electron chi connectivity index (χ3n) is 5.08. The van der Waals surface area contributed by atoms with Crippen LogP contribution in [-0.2, 0) is 6.42 Å². The summed E-state index contributed by atoms with van der Waals surface area (Å²) in [6.07, 6.45) is 0.762. The summed E-state index contributed by atoms with van der Waals surface area (Å²) >= 11 is 0. The molecule has 0 N–H and O–H groups in total. The lowest BCUT2D eigenvalue weighted by Crippen LogP contribution is -2.12. The number of hydrogen-bond donors (Lipinski definition) is 0. The van der Waals surface area contributed by atoms with Crippen molar-refractivity contribution in [2.75, 3.05) is 0 Å². The molecule has 4 rings (SSSR count). The number of aryl methyl sites for hydroxylation is 2. The number of nitrogens with zero attached hydrogens (tertiary/aromatic N) is 2. The van der Waals surface area contributed by atoms with E-state index in [1.165, 1.54) is 0 Å². The van der Waals surface area contributed by atoms with Crippen LogP contribution < -0.4 is 4.74 Å². The lowest BCUT2D eigenvalue weighted by Gasteiger charge is -2.12. The molecular weight excluding hydrogens is 348 g/mol. The van der Waals surface area contributed by atoms with Crippen molar-refractivity contribution < 1.29 is 9.53 Å². The van der Waals surface area contributed by atoms with E-state index in [1.54, 1.807) is 10.7 Å². The zero-order valence-electron chi connectivity index (χ0n) is 16.3. The van der Waals surface area contributed by atoms with Crippen LogP contribution in [0.5, 0.6) is 5.88 Å². The predicted molar refractivity (Wildman–Crippen MR) is 111 cm³/mol. The Kier molecular flexibility index (Phi) is 4.70. The first-order chi connectivity index (χ1) is 13.6. The maximum absolute atomic E-state index is 12.8. The normalized spacial score (nSPS) is 11.0. The fraction of sp³-hybridized carbons (Fsp3) is 0.167. The van der Waals surface area contributed by atoms with Gasteiger partial charge in [0.15, 0.2) is 0 Å². The van der Waals surface area contributed by atoms with Crippen LogP contribution in [0.1, 0.15) is 34.1 Å². The highest BCUT2D eigenvalue weighted by atomic mass is 16.5. The minimum atomic E-state index is -0.389. The molecule has 0 saturated heterocycles. The molecular formula is C24H22N2O2. The maximum Gasteiger partial charge on any atom is 0.344 e. The van der Waals surface area contributed by atoms with E-state index in [9.17, 15) is 4.79 Å². The van der Waals surface area contributed by atoms with E-state index in [-0.39, 0.29) is 5.97 Å². The van der Waals surface area contributed by atoms with E-state index in [4.69, 9.17) is 4.74 Å². The van der Waals surface area contributed by atoms with Crippen LogP contribution in [0.25, 0.3) is 16.5 Å². The molecule has 0 aliphatic heterocycles. The fourth-order valence-electron chi connectivity index (χ4n) is 3.26. The molecule has 1 heterocycles. The van der Waals surface area contributed by atoms with Gasteiger partial charge in [0.05, 0.1) is 16.9 Å². The summed E-state index contributed by atoms with van der Waals surface area (Å²) in [5, 5.41) is 6.74. The van der Waals surface area contributed by atoms with Crippen molar-refractivity contribution in [3.05, 3.63) is 89.1 Å². The van der Waals surface area contributed by atoms with Crippen molar-refractivity contribution in [3.8, 4) is 11.6 Å². The molecule has 0 unspecified atom stereocenters. The molecule has 1 aromatic heterocycles. The smallest absolute Gasteiger partial charge is 0.344 e. The Morgan fingerprint density at radius 1 is 0.964 bits per heavy atom. The number of aromatic nitrogens is 2. The predicted octanol–water partition coefficient (Wildman–Crippen LogP) is 5.42. The van der Waals surface area contributed by atoms with E-state index in [0.717, 1.165) is 39.7 Å². The molecule has 0 amide bonds. The van der Waals surface area contributed by atoms with Crippen LogP contribution in [0.15, 0.2) is 66.7 Å². The summed E-state index contributed by atoms with van der Waals surface area (Å²) in [5.41, 5.74) is 4.59. The van der Waals surface area contributed by atoms with Gasteiger partial charge in [-0.2, -0.15) is 5.10 Å². The minimum Gasteiger partial charge on any atom is -0.404 e. The first-order valence-corrected chi connectivity index (χ1v) is 9.43. The Morgan fingerprint density at radius 2 is 1.75 bits per heavy atom. The van der Waals surface area contributed by atoms with Gasteiger partial charge in [-0.3, -0.25) is 0 Å². The summed E-state index contributed by atoms with van der Waals surface area (Å²) in [6.45, 7) is 6.14. The quantitative estimate of drug-likeness (QED) is 0.450. The number of benzene rings is 3. The zero-order chi connectivity index (χ0) is 19.7. The van der Waals surface area contributed by atoms with Crippen molar-refractivity contribution >= 4 is 16.7 Å². The Labute approximate surface area is 164 Å². The number of fused-ring (bicyclic) bond motifs is 1. The summed E-state index contributed by atoms with van der Waals surface area (Å²) in [7, 11) is 0. The molecule has 4 nitrogen and oxygen atoms in total. The van der Waals surface area contributed by atoms with Gasteiger partial charge in [0.1, 0.15) is 0 Å². The summed E-state index contributed by atoms with van der Waals surface area (Å²) in [6, 6.07) is 21.4. The molecule has 140 valence electrons. The molecule has 28 heavy (non-hydrogen) atoms. The maximum atomic E-state index is 12.8. The molecule has 0 bridgehead atoms. The Balaban J connectivity index is 1.71. The van der Waals surface area contributed by atoms with Gasteiger partial charge >= 0.3 is 5.97 Å². The summed E-state index contributed by atoms with van der Waals surface area (Å²) < 4.78 is 7.50. The largest absolute Gasteiger partial charge is 0.404 e. The molecule has 0 radical (unpaired) electrons. The molecule has 0 atom stereocenters. The second kappa shape index (κ2) is 7.31. The highest BCUT2D eigenvalue weighted by Crippen LogP contribution is 2.25. The van der Waals surface area contributed by atoms with Crippen LogP contribution in [0.2, 0.25) is 0 Å². The molecule has 4 heteroatoms. The van der Waals surface area contributed by atoms with Gasteiger partial charge < -0.3 is 4.74 Å². The Morgan fingerprint density at radius 3 is 2.54 bits per heavy atom. The SMILES string of the molecule is CCc1cc(OC(=O)c2ccc3ccccc3c2)n(-c2cccc(C)c2C)n1. The molecule has 0 aliphatic carbocycles. The van der Waals surface area contributed by atoms with Crippen LogP contribution in [0.4, 0.5) is 0 Å². The first-order valence-electron chi connectivity index (χ1n) is 9.43. The van der Waals surface area contributed by atoms with Gasteiger partial charge in [-0.05, 0) is 60.4 Å². The second-order valence-electron chi connectivity index (χ2n) is 6.91. The Hall–Kier alpha value is -3.40. The van der Waals surface area contributed by atoms with Gasteiger partial charge in [-0.25, -0.2) is 9.48 Å². The van der Waals surface area contributed by atoms with Crippen molar-refractivity contribution in [3.63, 3.8) is 0 Å². The number of rotatable bonds is 4. The fourth-order valence-corrected chi connectivity index (χ4v) is 3.26. The van der Waals surface area contributed by atoms with Crippen LogP contribution >= 0.6 is 0 Å². The van der Waals surface area contributed by atoms with Gasteiger partial charge in [0.25, 0.3) is 0 Å². The highest BCUT2D eigenvalue weighted by molar-refractivity contribution is 5.96. The zero-order valence-corrected chi connectivity index (χ0v) is 16.3. The minimum absolute atomic E-state index is 0.389. The molecule has 0 saturated carbocycles. The van der Waals surface area contributed by atoms with Crippen molar-refractivity contribution in [2.24, 2.45) is 0 Å². The molecule has 3 aromatic carbocycles.